The van der Waals surface area contributed by atoms with Crippen molar-refractivity contribution in [3.63, 3.8) is 0 Å². The van der Waals surface area contributed by atoms with Gasteiger partial charge in [0.25, 0.3) is 5.69 Å². The van der Waals surface area contributed by atoms with Crippen LogP contribution in [-0.2, 0) is 22.2 Å². The van der Waals surface area contributed by atoms with E-state index in [4.69, 9.17) is 0 Å². The summed E-state index contributed by atoms with van der Waals surface area (Å²) in [6, 6.07) is 12.9. The summed E-state index contributed by atoms with van der Waals surface area (Å²) in [6.45, 7) is 1.25. The summed E-state index contributed by atoms with van der Waals surface area (Å²) in [5.41, 5.74) is -0.789. The van der Waals surface area contributed by atoms with Gasteiger partial charge in [-0.3, -0.25) is 14.9 Å². The predicted octanol–water partition coefficient (Wildman–Crippen LogP) is 2.63. The number of hydrogen-bond donors (Lipinski definition) is 2. The monoisotopic (exact) mass is 412 g/mol. The molecule has 2 N–H and O–H groups in total. The van der Waals surface area contributed by atoms with E-state index in [9.17, 15) is 28.4 Å². The number of ketones is 1. The van der Waals surface area contributed by atoms with Crippen LogP contribution >= 0.6 is 0 Å². The van der Waals surface area contributed by atoms with E-state index in [1.54, 1.807) is 24.3 Å². The van der Waals surface area contributed by atoms with Crippen LogP contribution in [0.3, 0.4) is 0 Å². The van der Waals surface area contributed by atoms with Crippen LogP contribution < -0.4 is 4.72 Å². The lowest BCUT2D eigenvalue weighted by Crippen LogP contribution is -2.43. The van der Waals surface area contributed by atoms with E-state index < -0.39 is 20.7 Å². The standard InChI is InChI=1S/C20H16N2O6S/c1-20(24,13-6-8-14(9-7-13)22(25)26)21-29(27,28)18-10-5-12-11-17(23)15-3-2-4-16(18)19(12)15/h2-10,21,24H,11H2,1H3. The molecule has 9 heteroatoms. The Bertz CT molecular complexity index is 1280. The zero-order chi connectivity index (χ0) is 21.0. The van der Waals surface area contributed by atoms with Crippen LogP contribution in [0.15, 0.2) is 59.5 Å². The fraction of sp³-hybridized carbons (Fsp3) is 0.150. The number of hydrogen-bond acceptors (Lipinski definition) is 6. The molecule has 0 saturated heterocycles. The number of aliphatic hydroxyl groups is 1. The minimum Gasteiger partial charge on any atom is -0.371 e. The van der Waals surface area contributed by atoms with E-state index in [-0.39, 0.29) is 28.4 Å². The number of carbonyl (C=O) groups excluding carboxylic acids is 1. The number of nitrogens with zero attached hydrogens (tertiary/aromatic N) is 1. The molecule has 0 fully saturated rings. The van der Waals surface area contributed by atoms with Gasteiger partial charge < -0.3 is 5.11 Å². The molecule has 8 nitrogen and oxygen atoms in total. The molecule has 1 unspecified atom stereocenters. The molecule has 148 valence electrons. The van der Waals surface area contributed by atoms with Crippen LogP contribution in [0.25, 0.3) is 10.8 Å². The first-order valence-corrected chi connectivity index (χ1v) is 10.2. The SMILES string of the molecule is CC(O)(NS(=O)(=O)c1ccc2c3c(cccc13)C(=O)C2)c1ccc([N+](=O)[O-])cc1. The second-order valence-electron chi connectivity index (χ2n) is 7.03. The number of carbonyl (C=O) groups is 1. The van der Waals surface area contributed by atoms with E-state index in [2.05, 4.69) is 4.72 Å². The molecule has 3 aromatic rings. The zero-order valence-electron chi connectivity index (χ0n) is 15.2. The number of benzene rings is 3. The molecule has 0 amide bonds. The van der Waals surface area contributed by atoms with Gasteiger partial charge in [-0.2, -0.15) is 4.72 Å². The highest BCUT2D eigenvalue weighted by atomic mass is 32.2. The normalized spacial score (nSPS) is 15.4. The lowest BCUT2D eigenvalue weighted by Gasteiger charge is -2.25. The first-order chi connectivity index (χ1) is 13.6. The minimum absolute atomic E-state index is 0.0602. The Kier molecular flexibility index (Phi) is 4.26. The molecule has 0 spiro atoms. The third-order valence-electron chi connectivity index (χ3n) is 5.00. The van der Waals surface area contributed by atoms with Crippen LogP contribution in [0.4, 0.5) is 5.69 Å². The van der Waals surface area contributed by atoms with Crippen molar-refractivity contribution in [1.29, 1.82) is 0 Å². The number of rotatable bonds is 5. The summed E-state index contributed by atoms with van der Waals surface area (Å²) in [4.78, 5) is 22.3. The third-order valence-corrected chi connectivity index (χ3v) is 6.60. The Morgan fingerprint density at radius 1 is 1.10 bits per heavy atom. The zero-order valence-corrected chi connectivity index (χ0v) is 16.1. The maximum Gasteiger partial charge on any atom is 0.269 e. The van der Waals surface area contributed by atoms with Gasteiger partial charge in [0.2, 0.25) is 10.0 Å². The van der Waals surface area contributed by atoms with Gasteiger partial charge >= 0.3 is 0 Å². The van der Waals surface area contributed by atoms with Gasteiger partial charge in [-0.1, -0.05) is 24.3 Å². The molecule has 1 aliphatic rings. The van der Waals surface area contributed by atoms with Gasteiger partial charge in [-0.15, -0.1) is 0 Å². The van der Waals surface area contributed by atoms with Gasteiger partial charge in [-0.05, 0) is 41.6 Å². The van der Waals surface area contributed by atoms with Crippen LogP contribution in [0.1, 0.15) is 28.4 Å². The van der Waals surface area contributed by atoms with E-state index in [1.165, 1.54) is 37.3 Å². The fourth-order valence-electron chi connectivity index (χ4n) is 3.62. The number of non-ortho nitro benzene ring substituents is 1. The highest BCUT2D eigenvalue weighted by Gasteiger charge is 2.33. The van der Waals surface area contributed by atoms with Gasteiger partial charge in [0, 0.05) is 29.5 Å². The molecule has 0 aliphatic heterocycles. The van der Waals surface area contributed by atoms with Crippen molar-refractivity contribution in [3.05, 3.63) is 81.4 Å². The maximum absolute atomic E-state index is 13.1. The summed E-state index contributed by atoms with van der Waals surface area (Å²) < 4.78 is 28.4. The van der Waals surface area contributed by atoms with Crippen LogP contribution in [0.2, 0.25) is 0 Å². The van der Waals surface area contributed by atoms with Gasteiger partial charge in [-0.25, -0.2) is 8.42 Å². The average Bonchev–Trinajstić information content (AvgIpc) is 2.99. The summed E-state index contributed by atoms with van der Waals surface area (Å²) in [6.07, 6.45) is 0.226. The summed E-state index contributed by atoms with van der Waals surface area (Å²) in [7, 11) is -4.19. The molecule has 1 aliphatic carbocycles. The number of nitrogens with one attached hydrogen (secondary N) is 1. The molecule has 0 saturated carbocycles. The van der Waals surface area contributed by atoms with Crippen molar-refractivity contribution in [2.45, 2.75) is 24.0 Å². The molecule has 0 aromatic heterocycles. The van der Waals surface area contributed by atoms with E-state index in [0.29, 0.717) is 16.3 Å². The highest BCUT2D eigenvalue weighted by Crippen LogP contribution is 2.35. The van der Waals surface area contributed by atoms with Gasteiger partial charge in [0.15, 0.2) is 11.5 Å². The summed E-state index contributed by atoms with van der Waals surface area (Å²) >= 11 is 0. The first kappa shape index (κ1) is 19.2. The van der Waals surface area contributed by atoms with Crippen molar-refractivity contribution in [1.82, 2.24) is 4.72 Å². The van der Waals surface area contributed by atoms with Crippen molar-refractivity contribution >= 4 is 32.3 Å². The predicted molar refractivity (Wildman–Crippen MR) is 105 cm³/mol. The molecular weight excluding hydrogens is 396 g/mol. The van der Waals surface area contributed by atoms with Crippen molar-refractivity contribution in [2.24, 2.45) is 0 Å². The quantitative estimate of drug-likeness (QED) is 0.377. The van der Waals surface area contributed by atoms with E-state index in [1.807, 2.05) is 0 Å². The Balaban J connectivity index is 1.75. The van der Waals surface area contributed by atoms with Crippen molar-refractivity contribution < 1.29 is 23.2 Å². The summed E-state index contributed by atoms with van der Waals surface area (Å²) in [5, 5.41) is 22.5. The fourth-order valence-corrected chi connectivity index (χ4v) is 5.08. The molecule has 4 rings (SSSR count). The Morgan fingerprint density at radius 3 is 2.45 bits per heavy atom. The van der Waals surface area contributed by atoms with Crippen LogP contribution in [0, 0.1) is 10.1 Å². The largest absolute Gasteiger partial charge is 0.371 e. The molecule has 3 aromatic carbocycles. The van der Waals surface area contributed by atoms with E-state index in [0.717, 1.165) is 5.56 Å². The second kappa shape index (κ2) is 6.45. The number of nitro benzene ring substituents is 1. The third kappa shape index (κ3) is 3.19. The molecular formula is C20H16N2O6S. The van der Waals surface area contributed by atoms with Gasteiger partial charge in [0.05, 0.1) is 9.82 Å². The smallest absolute Gasteiger partial charge is 0.269 e. The first-order valence-electron chi connectivity index (χ1n) is 8.69. The Labute approximate surface area is 166 Å². The lowest BCUT2D eigenvalue weighted by atomic mass is 10.1. The number of Topliss-reactive ketones (excluding diaryl/α,β-unsaturated/α-hetero) is 1. The maximum atomic E-state index is 13.1. The Hall–Kier alpha value is -3.14. The highest BCUT2D eigenvalue weighted by molar-refractivity contribution is 7.89. The van der Waals surface area contributed by atoms with Crippen LogP contribution in [0.5, 0.6) is 0 Å². The second-order valence-corrected chi connectivity index (χ2v) is 8.68. The molecule has 29 heavy (non-hydrogen) atoms. The molecule has 0 bridgehead atoms. The van der Waals surface area contributed by atoms with Crippen molar-refractivity contribution in [3.8, 4) is 0 Å². The Morgan fingerprint density at radius 2 is 1.79 bits per heavy atom. The number of sulfonamides is 1. The van der Waals surface area contributed by atoms with Gasteiger partial charge in [0.1, 0.15) is 0 Å². The molecule has 0 heterocycles. The molecule has 1 atom stereocenters. The lowest BCUT2D eigenvalue weighted by molar-refractivity contribution is -0.384. The minimum atomic E-state index is -4.19. The molecule has 0 radical (unpaired) electrons. The van der Waals surface area contributed by atoms with E-state index >= 15 is 0 Å². The number of nitro groups is 1. The van der Waals surface area contributed by atoms with Crippen molar-refractivity contribution in [2.75, 3.05) is 0 Å². The summed E-state index contributed by atoms with van der Waals surface area (Å²) in [5.74, 6) is -0.0639. The topological polar surface area (TPSA) is 127 Å². The average molecular weight is 412 g/mol. The van der Waals surface area contributed by atoms with Crippen LogP contribution in [-0.4, -0.2) is 24.2 Å².